The highest BCUT2D eigenvalue weighted by Crippen LogP contribution is 2.25. The maximum atomic E-state index is 12.6. The van der Waals surface area contributed by atoms with Crippen molar-refractivity contribution in [2.45, 2.75) is 18.7 Å². The Labute approximate surface area is 135 Å². The Balaban J connectivity index is 2.07. The lowest BCUT2D eigenvalue weighted by Gasteiger charge is -2.11. The van der Waals surface area contributed by atoms with Gasteiger partial charge in [-0.25, -0.2) is 13.1 Å². The molecule has 0 bridgehead atoms. The summed E-state index contributed by atoms with van der Waals surface area (Å²) in [5.74, 6) is 0.456. The Morgan fingerprint density at radius 2 is 1.48 bits per heavy atom. The van der Waals surface area contributed by atoms with Crippen LogP contribution < -0.4 is 4.72 Å². The van der Waals surface area contributed by atoms with E-state index in [-0.39, 0.29) is 4.90 Å². The minimum atomic E-state index is -3.66. The molecule has 0 fully saturated rings. The number of hydrogen-bond donors (Lipinski definition) is 1. The third-order valence-corrected chi connectivity index (χ3v) is 5.00. The molecular weight excluding hydrogens is 310 g/mol. The summed E-state index contributed by atoms with van der Waals surface area (Å²) in [6.07, 6.45) is 0. The van der Waals surface area contributed by atoms with Gasteiger partial charge in [0.05, 0.1) is 16.3 Å². The van der Waals surface area contributed by atoms with Gasteiger partial charge in [-0.1, -0.05) is 36.4 Å². The largest absolute Gasteiger partial charge is 0.263 e. The Kier molecular flexibility index (Phi) is 3.92. The first-order valence-electron chi connectivity index (χ1n) is 7.18. The molecule has 0 saturated carbocycles. The molecule has 0 aliphatic rings. The zero-order valence-electron chi connectivity index (χ0n) is 12.9. The van der Waals surface area contributed by atoms with E-state index >= 15 is 0 Å². The van der Waals surface area contributed by atoms with Crippen molar-refractivity contribution in [2.75, 3.05) is 4.72 Å². The maximum Gasteiger partial charge on any atom is 0.263 e. The summed E-state index contributed by atoms with van der Waals surface area (Å²) in [5, 5.41) is 4.45. The van der Waals surface area contributed by atoms with Gasteiger partial charge in [-0.2, -0.15) is 5.10 Å². The molecular formula is C17H17N3O2S. The highest BCUT2D eigenvalue weighted by atomic mass is 32.2. The molecule has 0 aliphatic carbocycles. The summed E-state index contributed by atoms with van der Waals surface area (Å²) in [6, 6.07) is 17.7. The van der Waals surface area contributed by atoms with Crippen LogP contribution in [-0.2, 0) is 10.0 Å². The summed E-state index contributed by atoms with van der Waals surface area (Å²) in [7, 11) is -3.66. The van der Waals surface area contributed by atoms with E-state index in [1.54, 1.807) is 35.0 Å². The fourth-order valence-corrected chi connectivity index (χ4v) is 3.39. The number of sulfonamides is 1. The second-order valence-corrected chi connectivity index (χ2v) is 6.91. The van der Waals surface area contributed by atoms with E-state index in [0.29, 0.717) is 5.82 Å². The van der Waals surface area contributed by atoms with Crippen LogP contribution in [0.1, 0.15) is 11.3 Å². The Morgan fingerprint density at radius 3 is 2.09 bits per heavy atom. The number of nitrogens with one attached hydrogen (secondary N) is 1. The van der Waals surface area contributed by atoms with E-state index in [4.69, 9.17) is 0 Å². The van der Waals surface area contributed by atoms with Crippen molar-refractivity contribution in [1.82, 2.24) is 9.78 Å². The van der Waals surface area contributed by atoms with Crippen LogP contribution in [0.4, 0.5) is 5.82 Å². The molecule has 23 heavy (non-hydrogen) atoms. The molecule has 1 heterocycles. The molecule has 0 atom stereocenters. The number of aryl methyl sites for hydroxylation is 1. The Morgan fingerprint density at radius 1 is 0.913 bits per heavy atom. The van der Waals surface area contributed by atoms with Crippen LogP contribution in [0.5, 0.6) is 0 Å². The Hall–Kier alpha value is -2.60. The molecule has 118 valence electrons. The highest BCUT2D eigenvalue weighted by molar-refractivity contribution is 7.92. The van der Waals surface area contributed by atoms with Crippen LogP contribution in [0, 0.1) is 13.8 Å². The van der Waals surface area contributed by atoms with Gasteiger partial charge in [-0.15, -0.1) is 0 Å². The minimum Gasteiger partial charge on any atom is -0.263 e. The van der Waals surface area contributed by atoms with Crippen LogP contribution in [0.2, 0.25) is 0 Å². The molecule has 1 N–H and O–H groups in total. The van der Waals surface area contributed by atoms with Crippen LogP contribution >= 0.6 is 0 Å². The molecule has 3 rings (SSSR count). The first-order chi connectivity index (χ1) is 11.0. The average molecular weight is 327 g/mol. The number of para-hydroxylation sites is 1. The number of rotatable bonds is 4. The predicted molar refractivity (Wildman–Crippen MR) is 90.3 cm³/mol. The summed E-state index contributed by atoms with van der Waals surface area (Å²) < 4.78 is 29.5. The molecule has 2 aromatic carbocycles. The summed E-state index contributed by atoms with van der Waals surface area (Å²) in [6.45, 7) is 3.71. The van der Waals surface area contributed by atoms with Crippen molar-refractivity contribution in [1.29, 1.82) is 0 Å². The summed E-state index contributed by atoms with van der Waals surface area (Å²) >= 11 is 0. The van der Waals surface area contributed by atoms with Crippen LogP contribution in [0.25, 0.3) is 5.69 Å². The lowest BCUT2D eigenvalue weighted by atomic mass is 10.3. The van der Waals surface area contributed by atoms with Crippen molar-refractivity contribution in [3.63, 3.8) is 0 Å². The second kappa shape index (κ2) is 5.89. The molecule has 0 aliphatic heterocycles. The van der Waals surface area contributed by atoms with Gasteiger partial charge in [0, 0.05) is 5.56 Å². The van der Waals surface area contributed by atoms with Gasteiger partial charge in [0.15, 0.2) is 0 Å². The number of anilines is 1. The molecule has 6 heteroatoms. The molecule has 3 aromatic rings. The third-order valence-electron chi connectivity index (χ3n) is 3.65. The van der Waals surface area contributed by atoms with Crippen molar-refractivity contribution in [3.05, 3.63) is 71.9 Å². The lowest BCUT2D eigenvalue weighted by Crippen LogP contribution is -2.16. The van der Waals surface area contributed by atoms with Gasteiger partial charge in [0.25, 0.3) is 10.0 Å². The molecule has 0 spiro atoms. The van der Waals surface area contributed by atoms with Crippen LogP contribution in [0.3, 0.4) is 0 Å². The van der Waals surface area contributed by atoms with Crippen molar-refractivity contribution in [3.8, 4) is 5.69 Å². The number of aromatic nitrogens is 2. The summed E-state index contributed by atoms with van der Waals surface area (Å²) in [5.41, 5.74) is 2.38. The zero-order valence-corrected chi connectivity index (χ0v) is 13.7. The van der Waals surface area contributed by atoms with Crippen LogP contribution in [-0.4, -0.2) is 18.2 Å². The highest BCUT2D eigenvalue weighted by Gasteiger charge is 2.20. The lowest BCUT2D eigenvalue weighted by molar-refractivity contribution is 0.600. The van der Waals surface area contributed by atoms with Gasteiger partial charge >= 0.3 is 0 Å². The van der Waals surface area contributed by atoms with Crippen molar-refractivity contribution < 1.29 is 8.42 Å². The van der Waals surface area contributed by atoms with Gasteiger partial charge in [0.1, 0.15) is 5.82 Å². The van der Waals surface area contributed by atoms with E-state index in [1.165, 1.54) is 0 Å². The second-order valence-electron chi connectivity index (χ2n) is 5.22. The van der Waals surface area contributed by atoms with Gasteiger partial charge < -0.3 is 0 Å². The first-order valence-corrected chi connectivity index (χ1v) is 8.67. The van der Waals surface area contributed by atoms with E-state index < -0.39 is 10.0 Å². The quantitative estimate of drug-likeness (QED) is 0.800. The van der Waals surface area contributed by atoms with Crippen molar-refractivity contribution in [2.24, 2.45) is 0 Å². The van der Waals surface area contributed by atoms with Gasteiger partial charge in [0.2, 0.25) is 0 Å². The standard InChI is InChI=1S/C17H17N3O2S/c1-13-14(2)18-20(15-9-5-3-6-10-15)17(13)19-23(21,22)16-11-7-4-8-12-16/h3-12,19H,1-2H3. The monoisotopic (exact) mass is 327 g/mol. The minimum absolute atomic E-state index is 0.220. The molecule has 0 radical (unpaired) electrons. The topological polar surface area (TPSA) is 64.0 Å². The number of hydrogen-bond acceptors (Lipinski definition) is 3. The molecule has 0 unspecified atom stereocenters. The first kappa shape index (κ1) is 15.3. The normalized spacial score (nSPS) is 11.4. The van der Waals surface area contributed by atoms with Crippen LogP contribution in [0.15, 0.2) is 65.6 Å². The predicted octanol–water partition coefficient (Wildman–Crippen LogP) is 3.29. The smallest absolute Gasteiger partial charge is 0.263 e. The fraction of sp³-hybridized carbons (Fsp3) is 0.118. The van der Waals surface area contributed by atoms with Gasteiger partial charge in [-0.05, 0) is 38.1 Å². The Bertz CT molecular complexity index is 917. The molecule has 5 nitrogen and oxygen atoms in total. The number of benzene rings is 2. The number of nitrogens with zero attached hydrogens (tertiary/aromatic N) is 2. The fourth-order valence-electron chi connectivity index (χ4n) is 2.27. The maximum absolute atomic E-state index is 12.6. The van der Waals surface area contributed by atoms with E-state index in [1.807, 2.05) is 44.2 Å². The van der Waals surface area contributed by atoms with E-state index in [9.17, 15) is 8.42 Å². The van der Waals surface area contributed by atoms with E-state index in [2.05, 4.69) is 9.82 Å². The zero-order chi connectivity index (χ0) is 16.4. The van der Waals surface area contributed by atoms with Crippen molar-refractivity contribution >= 4 is 15.8 Å². The SMILES string of the molecule is Cc1nn(-c2ccccc2)c(NS(=O)(=O)c2ccccc2)c1C. The molecule has 0 saturated heterocycles. The van der Waals surface area contributed by atoms with E-state index in [0.717, 1.165) is 16.9 Å². The average Bonchev–Trinajstić information content (AvgIpc) is 2.84. The summed E-state index contributed by atoms with van der Waals surface area (Å²) in [4.78, 5) is 0.220. The third kappa shape index (κ3) is 2.98. The van der Waals surface area contributed by atoms with Gasteiger partial charge in [-0.3, -0.25) is 4.72 Å². The molecule has 1 aromatic heterocycles. The molecule has 0 amide bonds.